The zero-order chi connectivity index (χ0) is 20.4. The molecule has 5 nitrogen and oxygen atoms in total. The van der Waals surface area contributed by atoms with Gasteiger partial charge in [0.2, 0.25) is 0 Å². The van der Waals surface area contributed by atoms with Crippen LogP contribution in [0.1, 0.15) is 22.6 Å². The van der Waals surface area contributed by atoms with Gasteiger partial charge in [0, 0.05) is 12.5 Å². The van der Waals surface area contributed by atoms with E-state index in [9.17, 15) is 9.90 Å². The molecule has 0 aliphatic heterocycles. The third-order valence-electron chi connectivity index (χ3n) is 5.09. The average Bonchev–Trinajstić information content (AvgIpc) is 3.07. The van der Waals surface area contributed by atoms with Crippen LogP contribution < -0.4 is 10.1 Å². The van der Waals surface area contributed by atoms with E-state index in [1.54, 1.807) is 12.1 Å². The van der Waals surface area contributed by atoms with E-state index in [4.69, 9.17) is 9.47 Å². The van der Waals surface area contributed by atoms with Crippen LogP contribution in [0.3, 0.4) is 0 Å². The Morgan fingerprint density at radius 1 is 1.07 bits per heavy atom. The van der Waals surface area contributed by atoms with Crippen molar-refractivity contribution in [3.05, 3.63) is 81.8 Å². The number of benzene rings is 3. The molecular weight excluding hydrogens is 434 g/mol. The number of aromatic hydroxyl groups is 1. The van der Waals surface area contributed by atoms with Gasteiger partial charge in [-0.05, 0) is 55.9 Å². The maximum absolute atomic E-state index is 12.3. The summed E-state index contributed by atoms with van der Waals surface area (Å²) in [5, 5.41) is 12.6. The van der Waals surface area contributed by atoms with Crippen LogP contribution in [0.2, 0.25) is 0 Å². The molecule has 0 saturated carbocycles. The SMILES string of the molecule is COc1cc(CNC(=O)OCC2c3ccccc3-c3ccccc32)cc(Br)c1O. The van der Waals surface area contributed by atoms with E-state index in [2.05, 4.69) is 45.5 Å². The van der Waals surface area contributed by atoms with Gasteiger partial charge in [-0.3, -0.25) is 0 Å². The van der Waals surface area contributed by atoms with Gasteiger partial charge in [-0.2, -0.15) is 0 Å². The number of ether oxygens (including phenoxy) is 2. The molecule has 1 aliphatic carbocycles. The summed E-state index contributed by atoms with van der Waals surface area (Å²) in [5.74, 6) is 0.386. The van der Waals surface area contributed by atoms with Crippen LogP contribution in [0, 0.1) is 0 Å². The minimum atomic E-state index is -0.491. The average molecular weight is 454 g/mol. The van der Waals surface area contributed by atoms with Crippen molar-refractivity contribution in [3.8, 4) is 22.6 Å². The summed E-state index contributed by atoms with van der Waals surface area (Å²) in [7, 11) is 1.48. The first kappa shape index (κ1) is 19.3. The van der Waals surface area contributed by atoms with E-state index < -0.39 is 6.09 Å². The molecule has 3 aromatic rings. The van der Waals surface area contributed by atoms with Crippen molar-refractivity contribution < 1.29 is 19.4 Å². The molecule has 0 aromatic heterocycles. The van der Waals surface area contributed by atoms with Crippen LogP contribution >= 0.6 is 15.9 Å². The van der Waals surface area contributed by atoms with Crippen LogP contribution in [0.5, 0.6) is 11.5 Å². The number of methoxy groups -OCH3 is 1. The molecule has 0 heterocycles. The van der Waals surface area contributed by atoms with E-state index in [0.717, 1.165) is 5.56 Å². The molecule has 3 aromatic carbocycles. The summed E-state index contributed by atoms with van der Waals surface area (Å²) in [6.07, 6.45) is -0.491. The number of hydrogen-bond donors (Lipinski definition) is 2. The van der Waals surface area contributed by atoms with Gasteiger partial charge < -0.3 is 19.9 Å². The molecule has 1 amide bonds. The number of carbonyl (C=O) groups is 1. The second-order valence-corrected chi connectivity index (χ2v) is 7.66. The minimum Gasteiger partial charge on any atom is -0.503 e. The summed E-state index contributed by atoms with van der Waals surface area (Å²) >= 11 is 3.28. The van der Waals surface area contributed by atoms with Crippen LogP contribution in [-0.2, 0) is 11.3 Å². The molecule has 0 fully saturated rings. The molecule has 0 atom stereocenters. The highest BCUT2D eigenvalue weighted by Crippen LogP contribution is 2.44. The Morgan fingerprint density at radius 2 is 1.69 bits per heavy atom. The highest BCUT2D eigenvalue weighted by atomic mass is 79.9. The Bertz CT molecular complexity index is 1020. The molecule has 0 radical (unpaired) electrons. The Hall–Kier alpha value is -2.99. The Morgan fingerprint density at radius 3 is 2.31 bits per heavy atom. The lowest BCUT2D eigenvalue weighted by Crippen LogP contribution is -2.25. The van der Waals surface area contributed by atoms with Gasteiger partial charge >= 0.3 is 6.09 Å². The van der Waals surface area contributed by atoms with Crippen molar-refractivity contribution in [3.63, 3.8) is 0 Å². The molecule has 1 aliphatic rings. The number of alkyl carbamates (subject to hydrolysis) is 1. The van der Waals surface area contributed by atoms with Crippen molar-refractivity contribution in [2.45, 2.75) is 12.5 Å². The first-order valence-corrected chi connectivity index (χ1v) is 10.0. The van der Waals surface area contributed by atoms with Crippen molar-refractivity contribution in [1.29, 1.82) is 0 Å². The molecule has 4 rings (SSSR count). The lowest BCUT2D eigenvalue weighted by Gasteiger charge is -2.15. The van der Waals surface area contributed by atoms with Gasteiger partial charge in [0.25, 0.3) is 0 Å². The molecule has 2 N–H and O–H groups in total. The summed E-state index contributed by atoms with van der Waals surface area (Å²) < 4.78 is 11.2. The highest BCUT2D eigenvalue weighted by molar-refractivity contribution is 9.10. The van der Waals surface area contributed by atoms with Crippen molar-refractivity contribution in [2.24, 2.45) is 0 Å². The zero-order valence-corrected chi connectivity index (χ0v) is 17.4. The van der Waals surface area contributed by atoms with Gasteiger partial charge in [0.05, 0.1) is 11.6 Å². The number of rotatable bonds is 5. The first-order valence-electron chi connectivity index (χ1n) is 9.22. The predicted molar refractivity (Wildman–Crippen MR) is 114 cm³/mol. The van der Waals surface area contributed by atoms with Crippen molar-refractivity contribution in [2.75, 3.05) is 13.7 Å². The third kappa shape index (κ3) is 3.80. The number of amides is 1. The van der Waals surface area contributed by atoms with E-state index in [1.807, 2.05) is 24.3 Å². The molecule has 6 heteroatoms. The topological polar surface area (TPSA) is 67.8 Å². The van der Waals surface area contributed by atoms with Crippen LogP contribution in [0.4, 0.5) is 4.79 Å². The Balaban J connectivity index is 1.41. The maximum atomic E-state index is 12.3. The Kier molecular flexibility index (Phi) is 5.45. The van der Waals surface area contributed by atoms with Gasteiger partial charge in [-0.1, -0.05) is 48.5 Å². The number of hydrogen-bond acceptors (Lipinski definition) is 4. The maximum Gasteiger partial charge on any atom is 0.407 e. The summed E-state index contributed by atoms with van der Waals surface area (Å²) in [5.41, 5.74) is 5.51. The smallest absolute Gasteiger partial charge is 0.407 e. The van der Waals surface area contributed by atoms with Crippen LogP contribution in [0.15, 0.2) is 65.1 Å². The number of phenolic OH excluding ortho intramolecular Hbond substituents is 1. The largest absolute Gasteiger partial charge is 0.503 e. The summed E-state index contributed by atoms with van der Waals surface area (Å²) in [6.45, 7) is 0.522. The number of nitrogens with one attached hydrogen (secondary N) is 1. The number of halogens is 1. The van der Waals surface area contributed by atoms with Gasteiger partial charge in [0.1, 0.15) is 6.61 Å². The van der Waals surface area contributed by atoms with Crippen molar-refractivity contribution in [1.82, 2.24) is 5.32 Å². The van der Waals surface area contributed by atoms with Crippen LogP contribution in [0.25, 0.3) is 11.1 Å². The highest BCUT2D eigenvalue weighted by Gasteiger charge is 2.28. The number of carbonyl (C=O) groups excluding carboxylic acids is 1. The quantitative estimate of drug-likeness (QED) is 0.556. The molecule has 0 saturated heterocycles. The van der Waals surface area contributed by atoms with E-state index in [-0.39, 0.29) is 24.8 Å². The second-order valence-electron chi connectivity index (χ2n) is 6.81. The molecule has 0 unspecified atom stereocenters. The predicted octanol–water partition coefficient (Wildman–Crippen LogP) is 5.20. The third-order valence-corrected chi connectivity index (χ3v) is 5.69. The fraction of sp³-hybridized carbons (Fsp3) is 0.174. The van der Waals surface area contributed by atoms with Crippen LogP contribution in [-0.4, -0.2) is 24.9 Å². The number of fused-ring (bicyclic) bond motifs is 3. The minimum absolute atomic E-state index is 0.0241. The van der Waals surface area contributed by atoms with E-state index in [0.29, 0.717) is 10.2 Å². The first-order chi connectivity index (χ1) is 14.1. The molecular formula is C23H20BrNO4. The number of phenols is 1. The van der Waals surface area contributed by atoms with Gasteiger partial charge in [-0.25, -0.2) is 4.79 Å². The fourth-order valence-electron chi connectivity index (χ4n) is 3.71. The molecule has 29 heavy (non-hydrogen) atoms. The summed E-state index contributed by atoms with van der Waals surface area (Å²) in [6, 6.07) is 19.8. The summed E-state index contributed by atoms with van der Waals surface area (Å²) in [4.78, 5) is 12.3. The van der Waals surface area contributed by atoms with E-state index >= 15 is 0 Å². The van der Waals surface area contributed by atoms with Gasteiger partial charge in [-0.15, -0.1) is 0 Å². The monoisotopic (exact) mass is 453 g/mol. The van der Waals surface area contributed by atoms with Gasteiger partial charge in [0.15, 0.2) is 11.5 Å². The zero-order valence-electron chi connectivity index (χ0n) is 15.8. The normalized spacial score (nSPS) is 12.2. The second kappa shape index (κ2) is 8.17. The fourth-order valence-corrected chi connectivity index (χ4v) is 4.20. The Labute approximate surface area is 177 Å². The van der Waals surface area contributed by atoms with E-state index in [1.165, 1.54) is 29.4 Å². The molecule has 0 spiro atoms. The molecule has 0 bridgehead atoms. The molecule has 148 valence electrons. The van der Waals surface area contributed by atoms with Crippen molar-refractivity contribution >= 4 is 22.0 Å². The standard InChI is InChI=1S/C23H20BrNO4/c1-28-21-11-14(10-20(24)22(21)26)12-25-23(27)29-13-19-17-8-4-2-6-15(17)16-7-3-5-9-18(16)19/h2-11,19,26H,12-13H2,1H3,(H,25,27). The lowest BCUT2D eigenvalue weighted by molar-refractivity contribution is 0.142. The lowest BCUT2D eigenvalue weighted by atomic mass is 9.98.